The Hall–Kier alpha value is -2.39. The van der Waals surface area contributed by atoms with E-state index < -0.39 is 21.7 Å². The molecule has 0 atom stereocenters. The topological polar surface area (TPSA) is 135 Å². The molecule has 0 aliphatic heterocycles. The number of H-pyrrole nitrogens is 1. The normalized spacial score (nSPS) is 11.2. The second kappa shape index (κ2) is 5.78. The Bertz CT molecular complexity index is 860. The van der Waals surface area contributed by atoms with Gasteiger partial charge in [0.2, 0.25) is 0 Å². The first kappa shape index (κ1) is 16.0. The second-order valence-corrected chi connectivity index (χ2v) is 6.74. The van der Waals surface area contributed by atoms with Gasteiger partial charge in [0.25, 0.3) is 11.8 Å². The zero-order valence-electron chi connectivity index (χ0n) is 11.3. The van der Waals surface area contributed by atoms with E-state index in [-0.39, 0.29) is 27.1 Å². The Morgan fingerprint density at radius 3 is 2.59 bits per heavy atom. The zero-order chi connectivity index (χ0) is 16.5. The Balaban J connectivity index is 2.30. The SMILES string of the molecule is CS(=O)(=O)c1ccc(Cl)c(C(=O)Nc2c[nH]c(C(N)=O)c2)n1. The minimum Gasteiger partial charge on any atom is -0.364 e. The fourth-order valence-corrected chi connectivity index (χ4v) is 2.35. The van der Waals surface area contributed by atoms with Gasteiger partial charge >= 0.3 is 0 Å². The van der Waals surface area contributed by atoms with Gasteiger partial charge in [0.05, 0.1) is 10.7 Å². The summed E-state index contributed by atoms with van der Waals surface area (Å²) in [6.45, 7) is 0. The summed E-state index contributed by atoms with van der Waals surface area (Å²) in [6, 6.07) is 3.80. The molecule has 22 heavy (non-hydrogen) atoms. The van der Waals surface area contributed by atoms with Gasteiger partial charge in [-0.15, -0.1) is 0 Å². The molecule has 0 fully saturated rings. The summed E-state index contributed by atoms with van der Waals surface area (Å²) in [6.07, 6.45) is 2.32. The Morgan fingerprint density at radius 2 is 2.05 bits per heavy atom. The molecule has 0 unspecified atom stereocenters. The van der Waals surface area contributed by atoms with Crippen LogP contribution in [0.25, 0.3) is 0 Å². The monoisotopic (exact) mass is 342 g/mol. The van der Waals surface area contributed by atoms with E-state index in [9.17, 15) is 18.0 Å². The molecule has 2 heterocycles. The number of halogens is 1. The van der Waals surface area contributed by atoms with Crippen LogP contribution in [-0.4, -0.2) is 36.5 Å². The third-order valence-electron chi connectivity index (χ3n) is 2.62. The first-order valence-corrected chi connectivity index (χ1v) is 8.11. The largest absolute Gasteiger partial charge is 0.364 e. The average Bonchev–Trinajstić information content (AvgIpc) is 2.86. The van der Waals surface area contributed by atoms with E-state index in [0.29, 0.717) is 0 Å². The van der Waals surface area contributed by atoms with Gasteiger partial charge in [-0.05, 0) is 18.2 Å². The highest BCUT2D eigenvalue weighted by molar-refractivity contribution is 7.90. The molecule has 8 nitrogen and oxygen atoms in total. The Morgan fingerprint density at radius 1 is 1.36 bits per heavy atom. The van der Waals surface area contributed by atoms with Gasteiger partial charge in [-0.3, -0.25) is 9.59 Å². The lowest BCUT2D eigenvalue weighted by molar-refractivity contribution is 0.0992. The van der Waals surface area contributed by atoms with Gasteiger partial charge in [0, 0.05) is 12.5 Å². The standard InChI is InChI=1S/C12H11ClN4O4S/c1-22(20,21)9-3-2-7(13)10(17-9)12(19)16-6-4-8(11(14)18)15-5-6/h2-5,15H,1H3,(H2,14,18)(H,16,19). The number of nitrogens with one attached hydrogen (secondary N) is 2. The molecule has 0 saturated heterocycles. The number of hydrogen-bond acceptors (Lipinski definition) is 5. The predicted molar refractivity (Wildman–Crippen MR) is 79.6 cm³/mol. The summed E-state index contributed by atoms with van der Waals surface area (Å²) >= 11 is 5.86. The minimum atomic E-state index is -3.57. The van der Waals surface area contributed by atoms with Crippen LogP contribution < -0.4 is 11.1 Å². The van der Waals surface area contributed by atoms with Gasteiger partial charge in [0.1, 0.15) is 11.4 Å². The fourth-order valence-electron chi connectivity index (χ4n) is 1.59. The van der Waals surface area contributed by atoms with Crippen molar-refractivity contribution < 1.29 is 18.0 Å². The molecule has 0 spiro atoms. The maximum atomic E-state index is 12.1. The van der Waals surface area contributed by atoms with Crippen LogP contribution in [0.2, 0.25) is 5.02 Å². The van der Waals surface area contributed by atoms with Crippen LogP contribution in [0.5, 0.6) is 0 Å². The summed E-state index contributed by atoms with van der Waals surface area (Å²) < 4.78 is 22.9. The van der Waals surface area contributed by atoms with Crippen molar-refractivity contribution >= 4 is 38.9 Å². The van der Waals surface area contributed by atoms with E-state index in [1.165, 1.54) is 24.4 Å². The number of sulfone groups is 1. The molecule has 0 radical (unpaired) electrons. The summed E-state index contributed by atoms with van der Waals surface area (Å²) in [5.74, 6) is -1.40. The molecule has 0 saturated carbocycles. The van der Waals surface area contributed by atoms with Crippen LogP contribution in [-0.2, 0) is 9.84 Å². The van der Waals surface area contributed by atoms with Gasteiger partial charge in [-0.2, -0.15) is 0 Å². The number of anilines is 1. The van der Waals surface area contributed by atoms with Crippen molar-refractivity contribution in [2.45, 2.75) is 5.03 Å². The summed E-state index contributed by atoms with van der Waals surface area (Å²) in [4.78, 5) is 29.4. The number of rotatable bonds is 4. The van der Waals surface area contributed by atoms with Crippen LogP contribution in [0.15, 0.2) is 29.4 Å². The van der Waals surface area contributed by atoms with Crippen LogP contribution in [0.1, 0.15) is 21.0 Å². The molecule has 0 aliphatic rings. The molecular weight excluding hydrogens is 332 g/mol. The van der Waals surface area contributed by atoms with Crippen LogP contribution in [0.4, 0.5) is 5.69 Å². The van der Waals surface area contributed by atoms with Gasteiger partial charge < -0.3 is 16.0 Å². The van der Waals surface area contributed by atoms with Crippen molar-refractivity contribution in [1.29, 1.82) is 0 Å². The number of carbonyl (C=O) groups excluding carboxylic acids is 2. The lowest BCUT2D eigenvalue weighted by Gasteiger charge is -2.06. The van der Waals surface area contributed by atoms with Crippen molar-refractivity contribution in [3.8, 4) is 0 Å². The van der Waals surface area contributed by atoms with Crippen molar-refractivity contribution in [1.82, 2.24) is 9.97 Å². The van der Waals surface area contributed by atoms with E-state index in [4.69, 9.17) is 17.3 Å². The molecule has 2 aromatic rings. The fraction of sp³-hybridized carbons (Fsp3) is 0.0833. The smallest absolute Gasteiger partial charge is 0.275 e. The third kappa shape index (κ3) is 3.43. The van der Waals surface area contributed by atoms with Gasteiger partial charge in [-0.25, -0.2) is 13.4 Å². The number of primary amides is 1. The number of hydrogen-bond donors (Lipinski definition) is 3. The van der Waals surface area contributed by atoms with E-state index in [1.807, 2.05) is 0 Å². The second-order valence-electron chi connectivity index (χ2n) is 4.37. The number of nitrogens with zero attached hydrogens (tertiary/aromatic N) is 1. The number of aromatic nitrogens is 2. The maximum Gasteiger partial charge on any atom is 0.275 e. The highest BCUT2D eigenvalue weighted by atomic mass is 35.5. The number of aromatic amines is 1. The lowest BCUT2D eigenvalue weighted by atomic mass is 10.3. The summed E-state index contributed by atoms with van der Waals surface area (Å²) in [5, 5.41) is 2.16. The van der Waals surface area contributed by atoms with E-state index in [1.54, 1.807) is 0 Å². The minimum absolute atomic E-state index is 0.00411. The lowest BCUT2D eigenvalue weighted by Crippen LogP contribution is -2.16. The van der Waals surface area contributed by atoms with E-state index in [0.717, 1.165) is 6.26 Å². The summed E-state index contributed by atoms with van der Waals surface area (Å²) in [7, 11) is -3.57. The molecule has 2 rings (SSSR count). The van der Waals surface area contributed by atoms with Crippen LogP contribution in [0.3, 0.4) is 0 Å². The van der Waals surface area contributed by atoms with Crippen LogP contribution in [0, 0.1) is 0 Å². The van der Waals surface area contributed by atoms with Gasteiger partial charge in [-0.1, -0.05) is 11.6 Å². The number of carbonyl (C=O) groups is 2. The Kier molecular flexibility index (Phi) is 4.20. The molecule has 2 amide bonds. The molecule has 10 heteroatoms. The predicted octanol–water partition coefficient (Wildman–Crippen LogP) is 0.818. The van der Waals surface area contributed by atoms with Crippen molar-refractivity contribution in [2.75, 3.05) is 11.6 Å². The maximum absolute atomic E-state index is 12.1. The zero-order valence-corrected chi connectivity index (χ0v) is 12.8. The molecule has 116 valence electrons. The molecule has 0 aliphatic carbocycles. The Labute approximate surface area is 130 Å². The molecule has 0 aromatic carbocycles. The summed E-state index contributed by atoms with van der Waals surface area (Å²) in [5.41, 5.74) is 5.21. The number of pyridine rings is 1. The quantitative estimate of drug-likeness (QED) is 0.755. The van der Waals surface area contributed by atoms with Crippen molar-refractivity contribution in [3.05, 3.63) is 40.8 Å². The van der Waals surface area contributed by atoms with Gasteiger partial charge in [0.15, 0.2) is 14.9 Å². The highest BCUT2D eigenvalue weighted by Crippen LogP contribution is 2.19. The van der Waals surface area contributed by atoms with Crippen LogP contribution >= 0.6 is 11.6 Å². The first-order chi connectivity index (χ1) is 10.2. The molecular formula is C12H11ClN4O4S. The van der Waals surface area contributed by atoms with E-state index in [2.05, 4.69) is 15.3 Å². The first-order valence-electron chi connectivity index (χ1n) is 5.84. The van der Waals surface area contributed by atoms with Crippen molar-refractivity contribution in [2.24, 2.45) is 5.73 Å². The molecule has 0 bridgehead atoms. The average molecular weight is 343 g/mol. The van der Waals surface area contributed by atoms with Crippen molar-refractivity contribution in [3.63, 3.8) is 0 Å². The van der Waals surface area contributed by atoms with E-state index >= 15 is 0 Å². The number of nitrogens with two attached hydrogens (primary N) is 1. The third-order valence-corrected chi connectivity index (χ3v) is 3.91. The molecule has 2 aromatic heterocycles. The number of amides is 2. The molecule has 4 N–H and O–H groups in total. The highest BCUT2D eigenvalue weighted by Gasteiger charge is 2.18.